The molecule has 108 valence electrons. The first-order chi connectivity index (χ1) is 9.76. The second-order valence-electron chi connectivity index (χ2n) is 5.72. The van der Waals surface area contributed by atoms with Gasteiger partial charge in [-0.1, -0.05) is 25.5 Å². The van der Waals surface area contributed by atoms with Gasteiger partial charge in [-0.3, -0.25) is 4.90 Å². The molecule has 1 aliphatic rings. The number of nitrogens with one attached hydrogen (secondary N) is 1. The molecule has 1 aliphatic heterocycles. The normalized spacial score (nSPS) is 24.1. The molecular formula is C17H25N3. The molecule has 1 fully saturated rings. The quantitative estimate of drug-likeness (QED) is 0.915. The molecule has 20 heavy (non-hydrogen) atoms. The van der Waals surface area contributed by atoms with Crippen LogP contribution in [-0.2, 0) is 0 Å². The van der Waals surface area contributed by atoms with Crippen LogP contribution in [0, 0.1) is 17.2 Å². The Morgan fingerprint density at radius 1 is 1.30 bits per heavy atom. The Balaban J connectivity index is 2.22. The molecule has 0 saturated carbocycles. The number of likely N-dealkylation sites (tertiary alicyclic amines) is 1. The van der Waals surface area contributed by atoms with Crippen molar-refractivity contribution in [1.29, 1.82) is 5.26 Å². The predicted octanol–water partition coefficient (Wildman–Crippen LogP) is 2.94. The number of hydrogen-bond acceptors (Lipinski definition) is 3. The summed E-state index contributed by atoms with van der Waals surface area (Å²) in [5.41, 5.74) is 2.09. The molecule has 0 amide bonds. The molecule has 0 radical (unpaired) electrons. The lowest BCUT2D eigenvalue weighted by Crippen LogP contribution is -2.34. The molecule has 1 N–H and O–H groups in total. The van der Waals surface area contributed by atoms with Gasteiger partial charge in [0, 0.05) is 6.04 Å². The Morgan fingerprint density at radius 3 is 2.70 bits per heavy atom. The number of hydrogen-bond donors (Lipinski definition) is 1. The van der Waals surface area contributed by atoms with Crippen LogP contribution < -0.4 is 5.32 Å². The largest absolute Gasteiger partial charge is 0.317 e. The Kier molecular flexibility index (Phi) is 5.58. The van der Waals surface area contributed by atoms with Crippen molar-refractivity contribution in [2.75, 3.05) is 26.7 Å². The zero-order chi connectivity index (χ0) is 14.4. The molecule has 3 nitrogen and oxygen atoms in total. The summed E-state index contributed by atoms with van der Waals surface area (Å²) < 4.78 is 0. The van der Waals surface area contributed by atoms with Crippen LogP contribution in [0.1, 0.15) is 43.4 Å². The van der Waals surface area contributed by atoms with E-state index in [1.807, 2.05) is 12.1 Å². The summed E-state index contributed by atoms with van der Waals surface area (Å²) in [4.78, 5) is 2.48. The van der Waals surface area contributed by atoms with Gasteiger partial charge >= 0.3 is 0 Å². The average Bonchev–Trinajstić information content (AvgIpc) is 2.67. The van der Waals surface area contributed by atoms with Gasteiger partial charge in [-0.05, 0) is 63.1 Å². The topological polar surface area (TPSA) is 39.1 Å². The highest BCUT2D eigenvalue weighted by Gasteiger charge is 2.28. The van der Waals surface area contributed by atoms with Crippen molar-refractivity contribution in [3.63, 3.8) is 0 Å². The van der Waals surface area contributed by atoms with Crippen molar-refractivity contribution in [2.24, 2.45) is 5.92 Å². The lowest BCUT2D eigenvalue weighted by Gasteiger charge is -2.33. The summed E-state index contributed by atoms with van der Waals surface area (Å²) in [7, 11) is 2.23. The van der Waals surface area contributed by atoms with Gasteiger partial charge in [0.2, 0.25) is 0 Å². The summed E-state index contributed by atoms with van der Waals surface area (Å²) >= 11 is 0. The maximum atomic E-state index is 8.93. The van der Waals surface area contributed by atoms with E-state index in [1.165, 1.54) is 24.8 Å². The molecule has 0 bridgehead atoms. The van der Waals surface area contributed by atoms with E-state index < -0.39 is 0 Å². The smallest absolute Gasteiger partial charge is 0.0991 e. The van der Waals surface area contributed by atoms with E-state index in [4.69, 9.17) is 5.26 Å². The van der Waals surface area contributed by atoms with Gasteiger partial charge in [-0.15, -0.1) is 0 Å². The van der Waals surface area contributed by atoms with E-state index in [-0.39, 0.29) is 0 Å². The van der Waals surface area contributed by atoms with Crippen molar-refractivity contribution < 1.29 is 0 Å². The first-order valence-electron chi connectivity index (χ1n) is 7.67. The first kappa shape index (κ1) is 15.0. The fourth-order valence-electron chi connectivity index (χ4n) is 3.25. The zero-order valence-electron chi connectivity index (χ0n) is 12.6. The fraction of sp³-hybridized carbons (Fsp3) is 0.588. The SMILES string of the molecule is CCNCC1CCCCN(C)C1c1ccc(C#N)cc1. The monoisotopic (exact) mass is 271 g/mol. The highest BCUT2D eigenvalue weighted by atomic mass is 15.1. The van der Waals surface area contributed by atoms with Crippen molar-refractivity contribution in [1.82, 2.24) is 10.2 Å². The van der Waals surface area contributed by atoms with Crippen LogP contribution in [-0.4, -0.2) is 31.6 Å². The minimum atomic E-state index is 0.462. The molecule has 1 heterocycles. The average molecular weight is 271 g/mol. The maximum Gasteiger partial charge on any atom is 0.0991 e. The van der Waals surface area contributed by atoms with E-state index in [1.54, 1.807) is 0 Å². The van der Waals surface area contributed by atoms with Gasteiger partial charge in [0.15, 0.2) is 0 Å². The van der Waals surface area contributed by atoms with E-state index in [0.717, 1.165) is 25.2 Å². The summed E-state index contributed by atoms with van der Waals surface area (Å²) in [6.07, 6.45) is 3.88. The second kappa shape index (κ2) is 7.42. The molecule has 0 aliphatic carbocycles. The number of benzene rings is 1. The Bertz CT molecular complexity index is 446. The first-order valence-corrected chi connectivity index (χ1v) is 7.67. The third kappa shape index (κ3) is 3.59. The second-order valence-corrected chi connectivity index (χ2v) is 5.72. The number of nitriles is 1. The van der Waals surface area contributed by atoms with Crippen molar-refractivity contribution in [3.8, 4) is 6.07 Å². The van der Waals surface area contributed by atoms with Gasteiger partial charge in [0.25, 0.3) is 0 Å². The van der Waals surface area contributed by atoms with Crippen LogP contribution in [0.5, 0.6) is 0 Å². The molecule has 0 aromatic heterocycles. The lowest BCUT2D eigenvalue weighted by atomic mass is 9.89. The van der Waals surface area contributed by atoms with Crippen LogP contribution in [0.3, 0.4) is 0 Å². The lowest BCUT2D eigenvalue weighted by molar-refractivity contribution is 0.189. The highest BCUT2D eigenvalue weighted by Crippen LogP contribution is 2.33. The summed E-state index contributed by atoms with van der Waals surface area (Å²) in [5, 5.41) is 12.4. The van der Waals surface area contributed by atoms with Gasteiger partial charge in [0.05, 0.1) is 11.6 Å². The van der Waals surface area contributed by atoms with Crippen molar-refractivity contribution in [3.05, 3.63) is 35.4 Å². The van der Waals surface area contributed by atoms with E-state index >= 15 is 0 Å². The van der Waals surface area contributed by atoms with Crippen molar-refractivity contribution in [2.45, 2.75) is 32.2 Å². The Hall–Kier alpha value is -1.37. The number of nitrogens with zero attached hydrogens (tertiary/aromatic N) is 2. The van der Waals surface area contributed by atoms with E-state index in [0.29, 0.717) is 12.0 Å². The van der Waals surface area contributed by atoms with Crippen LogP contribution in [0.15, 0.2) is 24.3 Å². The minimum absolute atomic E-state index is 0.462. The maximum absolute atomic E-state index is 8.93. The zero-order valence-corrected chi connectivity index (χ0v) is 12.6. The van der Waals surface area contributed by atoms with Gasteiger partial charge in [-0.2, -0.15) is 5.26 Å². The third-order valence-electron chi connectivity index (χ3n) is 4.29. The molecule has 1 saturated heterocycles. The molecule has 0 spiro atoms. The van der Waals surface area contributed by atoms with E-state index in [9.17, 15) is 0 Å². The summed E-state index contributed by atoms with van der Waals surface area (Å²) in [6, 6.07) is 10.8. The molecule has 1 aromatic rings. The van der Waals surface area contributed by atoms with Gasteiger partial charge in [-0.25, -0.2) is 0 Å². The molecule has 2 unspecified atom stereocenters. The van der Waals surface area contributed by atoms with Crippen LogP contribution in [0.25, 0.3) is 0 Å². The highest BCUT2D eigenvalue weighted by molar-refractivity contribution is 5.33. The number of rotatable bonds is 4. The third-order valence-corrected chi connectivity index (χ3v) is 4.29. The van der Waals surface area contributed by atoms with Gasteiger partial charge in [0.1, 0.15) is 0 Å². The fourth-order valence-corrected chi connectivity index (χ4v) is 3.25. The standard InChI is InChI=1S/C17H25N3/c1-3-19-13-16-6-4-5-11-20(2)17(16)15-9-7-14(12-18)8-10-15/h7-10,16-17,19H,3-6,11,13H2,1-2H3. The Labute approximate surface area is 122 Å². The van der Waals surface area contributed by atoms with Crippen LogP contribution in [0.4, 0.5) is 0 Å². The van der Waals surface area contributed by atoms with Crippen LogP contribution >= 0.6 is 0 Å². The summed E-state index contributed by atoms with van der Waals surface area (Å²) in [6.45, 7) is 5.43. The van der Waals surface area contributed by atoms with E-state index in [2.05, 4.69) is 42.4 Å². The van der Waals surface area contributed by atoms with Gasteiger partial charge < -0.3 is 5.32 Å². The molecular weight excluding hydrogens is 246 g/mol. The molecule has 2 rings (SSSR count). The predicted molar refractivity (Wildman–Crippen MR) is 82.4 cm³/mol. The minimum Gasteiger partial charge on any atom is -0.317 e. The molecule has 1 aromatic carbocycles. The Morgan fingerprint density at radius 2 is 2.05 bits per heavy atom. The molecule has 2 atom stereocenters. The summed E-state index contributed by atoms with van der Waals surface area (Å²) in [5.74, 6) is 0.649. The van der Waals surface area contributed by atoms with Crippen LogP contribution in [0.2, 0.25) is 0 Å². The van der Waals surface area contributed by atoms with Crippen molar-refractivity contribution >= 4 is 0 Å². The molecule has 3 heteroatoms.